The highest BCUT2D eigenvalue weighted by atomic mass is 32.2. The van der Waals surface area contributed by atoms with Crippen molar-refractivity contribution in [3.63, 3.8) is 0 Å². The van der Waals surface area contributed by atoms with Gasteiger partial charge in [0, 0.05) is 32.2 Å². The Kier molecular flexibility index (Phi) is 5.25. The third-order valence-corrected chi connectivity index (χ3v) is 6.85. The highest BCUT2D eigenvalue weighted by Gasteiger charge is 2.33. The molecule has 1 aromatic heterocycles. The lowest BCUT2D eigenvalue weighted by molar-refractivity contribution is 0.0687. The number of hydrogen-bond donors (Lipinski definition) is 0. The van der Waals surface area contributed by atoms with Crippen LogP contribution in [0.25, 0.3) is 0 Å². The first-order valence-electron chi connectivity index (χ1n) is 8.62. The molecule has 0 bridgehead atoms. The van der Waals surface area contributed by atoms with E-state index in [1.807, 2.05) is 0 Å². The van der Waals surface area contributed by atoms with Crippen LogP contribution in [0.3, 0.4) is 0 Å². The van der Waals surface area contributed by atoms with Gasteiger partial charge in [-0.1, -0.05) is 5.16 Å². The van der Waals surface area contributed by atoms with E-state index in [4.69, 9.17) is 9.26 Å². The van der Waals surface area contributed by atoms with Crippen LogP contribution in [0.15, 0.2) is 27.6 Å². The average molecular weight is 393 g/mol. The SMILES string of the molecule is COc1cc(C)c(S(=O)(=O)N2CCN(C(=O)c3cc(C)on3)CC2)c(C)c1. The molecule has 0 radical (unpaired) electrons. The van der Waals surface area contributed by atoms with Crippen molar-refractivity contribution in [1.29, 1.82) is 0 Å². The molecule has 9 heteroatoms. The molecule has 2 heterocycles. The summed E-state index contributed by atoms with van der Waals surface area (Å²) in [6.45, 7) is 6.31. The van der Waals surface area contributed by atoms with Crippen molar-refractivity contribution in [3.05, 3.63) is 40.8 Å². The number of benzene rings is 1. The molecule has 1 amide bonds. The maximum absolute atomic E-state index is 13.1. The summed E-state index contributed by atoms with van der Waals surface area (Å²) in [5, 5.41) is 3.74. The summed E-state index contributed by atoms with van der Waals surface area (Å²) in [7, 11) is -2.10. The quantitative estimate of drug-likeness (QED) is 0.786. The molecule has 2 aromatic rings. The summed E-state index contributed by atoms with van der Waals surface area (Å²) in [5.41, 5.74) is 1.53. The van der Waals surface area contributed by atoms with E-state index >= 15 is 0 Å². The third kappa shape index (κ3) is 3.70. The minimum atomic E-state index is -3.65. The van der Waals surface area contributed by atoms with Gasteiger partial charge in [-0.15, -0.1) is 0 Å². The molecule has 146 valence electrons. The molecule has 0 N–H and O–H groups in total. The Labute approximate surface area is 158 Å². The van der Waals surface area contributed by atoms with E-state index < -0.39 is 10.0 Å². The molecule has 1 aromatic carbocycles. The Balaban J connectivity index is 1.76. The zero-order valence-electron chi connectivity index (χ0n) is 15.9. The van der Waals surface area contributed by atoms with E-state index in [2.05, 4.69) is 5.16 Å². The van der Waals surface area contributed by atoms with Gasteiger partial charge in [0.2, 0.25) is 10.0 Å². The summed E-state index contributed by atoms with van der Waals surface area (Å²) < 4.78 is 37.8. The first-order chi connectivity index (χ1) is 12.7. The summed E-state index contributed by atoms with van der Waals surface area (Å²) in [6, 6.07) is 5.01. The monoisotopic (exact) mass is 393 g/mol. The molecule has 27 heavy (non-hydrogen) atoms. The number of sulfonamides is 1. The van der Waals surface area contributed by atoms with Gasteiger partial charge in [-0.3, -0.25) is 4.79 Å². The predicted octanol–water partition coefficient (Wildman–Crippen LogP) is 1.76. The zero-order chi connectivity index (χ0) is 19.8. The Morgan fingerprint density at radius 2 is 1.67 bits per heavy atom. The van der Waals surface area contributed by atoms with Gasteiger partial charge in [0.15, 0.2) is 5.69 Å². The number of carbonyl (C=O) groups is 1. The Morgan fingerprint density at radius 3 is 2.15 bits per heavy atom. The molecule has 0 unspecified atom stereocenters. The van der Waals surface area contributed by atoms with Gasteiger partial charge in [-0.05, 0) is 44.0 Å². The standard InChI is InChI=1S/C18H23N3O5S/c1-12-9-15(25-4)10-13(2)17(12)27(23,24)21-7-5-20(6-8-21)18(22)16-11-14(3)26-19-16/h9-11H,5-8H2,1-4H3. The van der Waals surface area contributed by atoms with E-state index in [1.54, 1.807) is 51.0 Å². The number of nitrogens with zero attached hydrogens (tertiary/aromatic N) is 3. The normalized spacial score (nSPS) is 15.8. The number of amides is 1. The molecular formula is C18H23N3O5S. The highest BCUT2D eigenvalue weighted by Crippen LogP contribution is 2.28. The van der Waals surface area contributed by atoms with Crippen LogP contribution in [-0.2, 0) is 10.0 Å². The first-order valence-corrected chi connectivity index (χ1v) is 10.1. The number of methoxy groups -OCH3 is 1. The van der Waals surface area contributed by atoms with E-state index in [0.29, 0.717) is 40.6 Å². The molecule has 0 spiro atoms. The third-order valence-electron chi connectivity index (χ3n) is 4.64. The lowest BCUT2D eigenvalue weighted by atomic mass is 10.1. The molecule has 0 saturated carbocycles. The van der Waals surface area contributed by atoms with E-state index in [0.717, 1.165) is 0 Å². The summed E-state index contributed by atoms with van der Waals surface area (Å²) >= 11 is 0. The Bertz CT molecular complexity index is 936. The fraction of sp³-hybridized carbons (Fsp3) is 0.444. The van der Waals surface area contributed by atoms with Gasteiger partial charge in [-0.2, -0.15) is 4.31 Å². The molecule has 8 nitrogen and oxygen atoms in total. The van der Waals surface area contributed by atoms with E-state index in [-0.39, 0.29) is 24.7 Å². The maximum atomic E-state index is 13.1. The number of ether oxygens (including phenoxy) is 1. The van der Waals surface area contributed by atoms with Crippen molar-refractivity contribution in [2.75, 3.05) is 33.3 Å². The minimum Gasteiger partial charge on any atom is -0.497 e. The van der Waals surface area contributed by atoms with E-state index in [1.165, 1.54) is 4.31 Å². The predicted molar refractivity (Wildman–Crippen MR) is 98.4 cm³/mol. The number of carbonyl (C=O) groups excluding carboxylic acids is 1. The van der Waals surface area contributed by atoms with Crippen LogP contribution >= 0.6 is 0 Å². The molecule has 3 rings (SSSR count). The van der Waals surface area contributed by atoms with Crippen LogP contribution in [0.1, 0.15) is 27.4 Å². The lowest BCUT2D eigenvalue weighted by Gasteiger charge is -2.34. The molecule has 1 aliphatic heterocycles. The fourth-order valence-electron chi connectivity index (χ4n) is 3.33. The van der Waals surface area contributed by atoms with Crippen molar-refractivity contribution in [3.8, 4) is 5.75 Å². The van der Waals surface area contributed by atoms with Gasteiger partial charge in [0.1, 0.15) is 11.5 Å². The lowest BCUT2D eigenvalue weighted by Crippen LogP contribution is -2.50. The van der Waals surface area contributed by atoms with Crippen molar-refractivity contribution in [1.82, 2.24) is 14.4 Å². The second-order valence-corrected chi connectivity index (χ2v) is 8.48. The Hall–Kier alpha value is -2.39. The fourth-order valence-corrected chi connectivity index (χ4v) is 5.16. The van der Waals surface area contributed by atoms with Crippen LogP contribution in [-0.4, -0.2) is 62.0 Å². The summed E-state index contributed by atoms with van der Waals surface area (Å²) in [4.78, 5) is 14.3. The van der Waals surface area contributed by atoms with Crippen molar-refractivity contribution in [2.24, 2.45) is 0 Å². The largest absolute Gasteiger partial charge is 0.497 e. The number of aromatic nitrogens is 1. The molecule has 0 aliphatic carbocycles. The van der Waals surface area contributed by atoms with Crippen LogP contribution < -0.4 is 4.74 Å². The number of rotatable bonds is 4. The van der Waals surface area contributed by atoms with Gasteiger partial charge in [0.25, 0.3) is 5.91 Å². The zero-order valence-corrected chi connectivity index (χ0v) is 16.7. The van der Waals surface area contributed by atoms with Crippen LogP contribution in [0.5, 0.6) is 5.75 Å². The number of hydrogen-bond acceptors (Lipinski definition) is 6. The minimum absolute atomic E-state index is 0.232. The van der Waals surface area contributed by atoms with Crippen LogP contribution in [0.4, 0.5) is 0 Å². The van der Waals surface area contributed by atoms with Gasteiger partial charge < -0.3 is 14.2 Å². The van der Waals surface area contributed by atoms with Crippen molar-refractivity contribution >= 4 is 15.9 Å². The second kappa shape index (κ2) is 7.32. The molecular weight excluding hydrogens is 370 g/mol. The highest BCUT2D eigenvalue weighted by molar-refractivity contribution is 7.89. The molecule has 0 atom stereocenters. The van der Waals surface area contributed by atoms with Crippen LogP contribution in [0, 0.1) is 20.8 Å². The van der Waals surface area contributed by atoms with Crippen LogP contribution in [0.2, 0.25) is 0 Å². The average Bonchev–Trinajstić information content (AvgIpc) is 3.06. The van der Waals surface area contributed by atoms with E-state index in [9.17, 15) is 13.2 Å². The van der Waals surface area contributed by atoms with Gasteiger partial charge >= 0.3 is 0 Å². The van der Waals surface area contributed by atoms with Crippen molar-refractivity contribution < 1.29 is 22.5 Å². The Morgan fingerprint density at radius 1 is 1.07 bits per heavy atom. The first kappa shape index (κ1) is 19.4. The van der Waals surface area contributed by atoms with Gasteiger partial charge in [-0.25, -0.2) is 8.42 Å². The molecule has 1 aliphatic rings. The maximum Gasteiger partial charge on any atom is 0.276 e. The summed E-state index contributed by atoms with van der Waals surface area (Å²) in [6.07, 6.45) is 0. The molecule has 1 saturated heterocycles. The van der Waals surface area contributed by atoms with Gasteiger partial charge in [0.05, 0.1) is 12.0 Å². The number of piperazine rings is 1. The van der Waals surface area contributed by atoms with Crippen molar-refractivity contribution in [2.45, 2.75) is 25.7 Å². The second-order valence-electron chi connectivity index (χ2n) is 6.61. The molecule has 1 fully saturated rings. The summed E-state index contributed by atoms with van der Waals surface area (Å²) in [5.74, 6) is 0.938. The smallest absolute Gasteiger partial charge is 0.276 e. The topological polar surface area (TPSA) is 93.0 Å². The number of aryl methyl sites for hydroxylation is 3.